The van der Waals surface area contributed by atoms with E-state index in [1.54, 1.807) is 16.7 Å². The molecule has 2 amide bonds. The molecule has 9 nitrogen and oxygen atoms in total. The normalized spacial score (nSPS) is 21.6. The summed E-state index contributed by atoms with van der Waals surface area (Å²) in [6.07, 6.45) is 5.79. The largest absolute Gasteiger partial charge is 0.497 e. The van der Waals surface area contributed by atoms with Gasteiger partial charge in [0.15, 0.2) is 5.69 Å². The zero-order valence-electron chi connectivity index (χ0n) is 19.0. The van der Waals surface area contributed by atoms with Crippen LogP contribution in [0.4, 0.5) is 0 Å². The average Bonchev–Trinajstić information content (AvgIpc) is 3.53. The van der Waals surface area contributed by atoms with Crippen LogP contribution in [0, 0.1) is 5.92 Å². The fourth-order valence-corrected chi connectivity index (χ4v) is 5.08. The van der Waals surface area contributed by atoms with Gasteiger partial charge in [-0.05, 0) is 43.4 Å². The van der Waals surface area contributed by atoms with Crippen LogP contribution < -0.4 is 10.1 Å². The Morgan fingerprint density at radius 2 is 1.82 bits per heavy atom. The third-order valence-electron chi connectivity index (χ3n) is 7.14. The monoisotopic (exact) mass is 453 g/mol. The van der Waals surface area contributed by atoms with Crippen LogP contribution in [0.3, 0.4) is 0 Å². The van der Waals surface area contributed by atoms with E-state index in [0.29, 0.717) is 49.9 Å². The summed E-state index contributed by atoms with van der Waals surface area (Å²) in [5.41, 5.74) is 2.10. The Hall–Kier alpha value is -2.94. The number of rotatable bonds is 5. The zero-order chi connectivity index (χ0) is 22.8. The summed E-state index contributed by atoms with van der Waals surface area (Å²) in [5.74, 6) is 0.798. The highest BCUT2D eigenvalue weighted by atomic mass is 16.5. The molecule has 2 aliphatic heterocycles. The summed E-state index contributed by atoms with van der Waals surface area (Å²) < 4.78 is 13.0. The van der Waals surface area contributed by atoms with Crippen molar-refractivity contribution >= 4 is 11.8 Å². The minimum Gasteiger partial charge on any atom is -0.497 e. The molecule has 0 bridgehead atoms. The predicted molar refractivity (Wildman–Crippen MR) is 120 cm³/mol. The number of hydrogen-bond acceptors (Lipinski definition) is 6. The Morgan fingerprint density at radius 3 is 2.52 bits per heavy atom. The molecule has 3 aliphatic rings. The second-order valence-electron chi connectivity index (χ2n) is 9.20. The van der Waals surface area contributed by atoms with E-state index in [1.165, 1.54) is 12.8 Å². The number of methoxy groups -OCH3 is 1. The summed E-state index contributed by atoms with van der Waals surface area (Å²) >= 11 is 0. The maximum atomic E-state index is 13.2. The van der Waals surface area contributed by atoms with E-state index >= 15 is 0 Å². The fraction of sp³-hybridized carbons (Fsp3) is 0.583. The first-order valence-electron chi connectivity index (χ1n) is 11.9. The number of fused-ring (bicyclic) bond motifs is 1. The van der Waals surface area contributed by atoms with E-state index in [2.05, 4.69) is 15.6 Å². The SMILES string of the molecule is COc1ccc([C@H]2Cn3nnc(C(=O)N4CCC(C(=O)NC5CCCC5)CC4)c3CO2)cc1. The van der Waals surface area contributed by atoms with Gasteiger partial charge in [0.25, 0.3) is 5.91 Å². The van der Waals surface area contributed by atoms with Gasteiger partial charge in [-0.15, -0.1) is 5.10 Å². The Kier molecular flexibility index (Phi) is 6.30. The molecule has 1 aromatic carbocycles. The number of piperidine rings is 1. The zero-order valence-corrected chi connectivity index (χ0v) is 19.0. The maximum Gasteiger partial charge on any atom is 0.276 e. The van der Waals surface area contributed by atoms with Gasteiger partial charge in [0.05, 0.1) is 26.0 Å². The molecule has 1 saturated heterocycles. The first kappa shape index (κ1) is 21.9. The molecular formula is C24H31N5O4. The molecule has 3 heterocycles. The number of ether oxygens (including phenoxy) is 2. The number of nitrogens with zero attached hydrogens (tertiary/aromatic N) is 4. The van der Waals surface area contributed by atoms with Crippen LogP contribution in [-0.4, -0.2) is 57.9 Å². The number of amides is 2. The lowest BCUT2D eigenvalue weighted by atomic mass is 9.95. The van der Waals surface area contributed by atoms with Gasteiger partial charge in [-0.1, -0.05) is 30.2 Å². The third kappa shape index (κ3) is 4.59. The number of aromatic nitrogens is 3. The van der Waals surface area contributed by atoms with Gasteiger partial charge in [-0.3, -0.25) is 9.59 Å². The summed E-state index contributed by atoms with van der Waals surface area (Å²) in [4.78, 5) is 27.5. The predicted octanol–water partition coefficient (Wildman–Crippen LogP) is 2.47. The standard InChI is InChI=1S/C24H31N5O4/c1-32-19-8-6-16(7-9-19)21-14-29-20(15-33-21)22(26-27-29)24(31)28-12-10-17(11-13-28)23(30)25-18-4-2-3-5-18/h6-9,17-18,21H,2-5,10-15H2,1H3,(H,25,30)/t21-/m1/s1. The van der Waals surface area contributed by atoms with Gasteiger partial charge in [-0.2, -0.15) is 0 Å². The van der Waals surface area contributed by atoms with E-state index in [-0.39, 0.29) is 30.4 Å². The second-order valence-corrected chi connectivity index (χ2v) is 9.20. The molecule has 1 saturated carbocycles. The molecule has 176 valence electrons. The number of likely N-dealkylation sites (tertiary alicyclic amines) is 1. The van der Waals surface area contributed by atoms with Crippen molar-refractivity contribution in [3.05, 3.63) is 41.2 Å². The summed E-state index contributed by atoms with van der Waals surface area (Å²) in [7, 11) is 1.64. The molecular weight excluding hydrogens is 422 g/mol. The van der Waals surface area contributed by atoms with E-state index in [4.69, 9.17) is 9.47 Å². The van der Waals surface area contributed by atoms with Crippen molar-refractivity contribution in [1.29, 1.82) is 0 Å². The number of benzene rings is 1. The number of carbonyl (C=O) groups is 2. The molecule has 0 unspecified atom stereocenters. The van der Waals surface area contributed by atoms with Gasteiger partial charge in [0.1, 0.15) is 11.9 Å². The van der Waals surface area contributed by atoms with Crippen LogP contribution in [-0.2, 0) is 22.7 Å². The van der Waals surface area contributed by atoms with Gasteiger partial charge in [0.2, 0.25) is 5.91 Å². The molecule has 1 aromatic heterocycles. The minimum absolute atomic E-state index is 0.0164. The maximum absolute atomic E-state index is 13.2. The highest BCUT2D eigenvalue weighted by Gasteiger charge is 2.33. The Morgan fingerprint density at radius 1 is 1.09 bits per heavy atom. The van der Waals surface area contributed by atoms with Crippen LogP contribution in [0.2, 0.25) is 0 Å². The molecule has 1 aliphatic carbocycles. The summed E-state index contributed by atoms with van der Waals surface area (Å²) in [5, 5.41) is 11.6. The van der Waals surface area contributed by atoms with E-state index in [1.807, 2.05) is 24.3 Å². The smallest absolute Gasteiger partial charge is 0.276 e. The number of carbonyl (C=O) groups excluding carboxylic acids is 2. The highest BCUT2D eigenvalue weighted by molar-refractivity contribution is 5.93. The molecule has 1 N–H and O–H groups in total. The van der Waals surface area contributed by atoms with Crippen molar-refractivity contribution in [2.75, 3.05) is 20.2 Å². The van der Waals surface area contributed by atoms with Crippen LogP contribution in [0.5, 0.6) is 5.75 Å². The van der Waals surface area contributed by atoms with Gasteiger partial charge in [-0.25, -0.2) is 4.68 Å². The fourth-order valence-electron chi connectivity index (χ4n) is 5.08. The van der Waals surface area contributed by atoms with E-state index < -0.39 is 0 Å². The number of hydrogen-bond donors (Lipinski definition) is 1. The van der Waals surface area contributed by atoms with Crippen molar-refractivity contribution in [2.45, 2.75) is 63.8 Å². The topological polar surface area (TPSA) is 98.6 Å². The lowest BCUT2D eigenvalue weighted by Gasteiger charge is -2.32. The van der Waals surface area contributed by atoms with Crippen LogP contribution in [0.15, 0.2) is 24.3 Å². The number of nitrogens with one attached hydrogen (secondary N) is 1. The lowest BCUT2D eigenvalue weighted by molar-refractivity contribution is -0.127. The van der Waals surface area contributed by atoms with E-state index in [0.717, 1.165) is 24.2 Å². The van der Waals surface area contributed by atoms with Crippen molar-refractivity contribution in [3.63, 3.8) is 0 Å². The van der Waals surface area contributed by atoms with Crippen LogP contribution >= 0.6 is 0 Å². The Balaban J connectivity index is 1.18. The quantitative estimate of drug-likeness (QED) is 0.747. The van der Waals surface area contributed by atoms with Crippen molar-refractivity contribution < 1.29 is 19.1 Å². The van der Waals surface area contributed by atoms with E-state index in [9.17, 15) is 9.59 Å². The average molecular weight is 454 g/mol. The molecule has 2 fully saturated rings. The van der Waals surface area contributed by atoms with Crippen LogP contribution in [0.25, 0.3) is 0 Å². The molecule has 0 spiro atoms. The minimum atomic E-state index is -0.151. The Labute approximate surface area is 193 Å². The van der Waals surface area contributed by atoms with Gasteiger partial charge >= 0.3 is 0 Å². The molecule has 9 heteroatoms. The second kappa shape index (κ2) is 9.51. The van der Waals surface area contributed by atoms with Crippen molar-refractivity contribution in [2.24, 2.45) is 5.92 Å². The van der Waals surface area contributed by atoms with Crippen molar-refractivity contribution in [1.82, 2.24) is 25.2 Å². The first-order valence-corrected chi connectivity index (χ1v) is 11.9. The van der Waals surface area contributed by atoms with Gasteiger partial charge in [0, 0.05) is 25.0 Å². The molecule has 33 heavy (non-hydrogen) atoms. The van der Waals surface area contributed by atoms with Gasteiger partial charge < -0.3 is 19.7 Å². The summed E-state index contributed by atoms with van der Waals surface area (Å²) in [6, 6.07) is 8.10. The van der Waals surface area contributed by atoms with Crippen molar-refractivity contribution in [3.8, 4) is 5.75 Å². The summed E-state index contributed by atoms with van der Waals surface area (Å²) in [6.45, 7) is 1.91. The molecule has 5 rings (SSSR count). The lowest BCUT2D eigenvalue weighted by Crippen LogP contribution is -2.45. The first-order chi connectivity index (χ1) is 16.1. The molecule has 1 atom stereocenters. The third-order valence-corrected chi connectivity index (χ3v) is 7.14. The Bertz CT molecular complexity index is 991. The molecule has 0 radical (unpaired) electrons. The molecule has 2 aromatic rings. The highest BCUT2D eigenvalue weighted by Crippen LogP contribution is 2.29. The van der Waals surface area contributed by atoms with Crippen LogP contribution in [0.1, 0.15) is 66.4 Å².